The van der Waals surface area contributed by atoms with Gasteiger partial charge in [-0.2, -0.15) is 0 Å². The van der Waals surface area contributed by atoms with Crippen LogP contribution in [-0.4, -0.2) is 61.1 Å². The summed E-state index contributed by atoms with van der Waals surface area (Å²) in [5.41, 5.74) is 0. The number of carbonyl (C=O) groups excluding carboxylic acids is 1. The molecule has 6 heteroatoms. The van der Waals surface area contributed by atoms with Crippen LogP contribution in [0.1, 0.15) is 6.92 Å². The molecule has 2 aliphatic rings. The SMILES string of the molecule is CC1C(Cl)=C(Cl)C(=O)N1CCN1CCOCC1. The molecule has 0 N–H and O–H groups in total. The van der Waals surface area contributed by atoms with Gasteiger partial charge >= 0.3 is 0 Å². The van der Waals surface area contributed by atoms with Crippen molar-refractivity contribution in [2.24, 2.45) is 0 Å². The highest BCUT2D eigenvalue weighted by atomic mass is 35.5. The van der Waals surface area contributed by atoms with Crippen molar-refractivity contribution in [3.05, 3.63) is 10.1 Å². The van der Waals surface area contributed by atoms with Crippen molar-refractivity contribution in [1.29, 1.82) is 0 Å². The number of ether oxygens (including phenoxy) is 1. The van der Waals surface area contributed by atoms with Crippen molar-refractivity contribution in [2.45, 2.75) is 13.0 Å². The van der Waals surface area contributed by atoms with Gasteiger partial charge in [0.2, 0.25) is 0 Å². The first-order chi connectivity index (χ1) is 8.11. The van der Waals surface area contributed by atoms with E-state index in [1.165, 1.54) is 0 Å². The summed E-state index contributed by atoms with van der Waals surface area (Å²) in [7, 11) is 0. The van der Waals surface area contributed by atoms with Gasteiger partial charge in [-0.05, 0) is 6.92 Å². The Bertz CT molecular complexity index is 340. The fraction of sp³-hybridized carbons (Fsp3) is 0.727. The molecule has 1 fully saturated rings. The molecule has 2 rings (SSSR count). The Hall–Kier alpha value is -0.290. The maximum atomic E-state index is 11.8. The van der Waals surface area contributed by atoms with Gasteiger partial charge in [0.05, 0.1) is 24.3 Å². The van der Waals surface area contributed by atoms with Crippen molar-refractivity contribution < 1.29 is 9.53 Å². The van der Waals surface area contributed by atoms with Gasteiger partial charge in [0.1, 0.15) is 5.03 Å². The van der Waals surface area contributed by atoms with Gasteiger partial charge in [0.25, 0.3) is 5.91 Å². The molecule has 1 amide bonds. The fourth-order valence-electron chi connectivity index (χ4n) is 2.09. The molecule has 1 saturated heterocycles. The second-order valence-electron chi connectivity index (χ2n) is 4.29. The average Bonchev–Trinajstić information content (AvgIpc) is 2.54. The number of hydrogen-bond donors (Lipinski definition) is 0. The Morgan fingerprint density at radius 1 is 1.29 bits per heavy atom. The first-order valence-electron chi connectivity index (χ1n) is 5.77. The molecule has 17 heavy (non-hydrogen) atoms. The molecule has 2 heterocycles. The lowest BCUT2D eigenvalue weighted by Crippen LogP contribution is -2.43. The van der Waals surface area contributed by atoms with E-state index >= 15 is 0 Å². The summed E-state index contributed by atoms with van der Waals surface area (Å²) in [6, 6.07) is -0.0993. The number of rotatable bonds is 3. The predicted molar refractivity (Wildman–Crippen MR) is 67.2 cm³/mol. The van der Waals surface area contributed by atoms with Gasteiger partial charge in [-0.15, -0.1) is 0 Å². The highest BCUT2D eigenvalue weighted by Gasteiger charge is 2.34. The molecule has 96 valence electrons. The number of hydrogen-bond acceptors (Lipinski definition) is 3. The molecule has 0 aliphatic carbocycles. The van der Waals surface area contributed by atoms with E-state index in [1.807, 2.05) is 6.92 Å². The van der Waals surface area contributed by atoms with Crippen molar-refractivity contribution >= 4 is 29.1 Å². The van der Waals surface area contributed by atoms with Crippen LogP contribution < -0.4 is 0 Å². The second-order valence-corrected chi connectivity index (χ2v) is 5.08. The Balaban J connectivity index is 1.86. The second kappa shape index (κ2) is 5.57. The minimum Gasteiger partial charge on any atom is -0.379 e. The van der Waals surface area contributed by atoms with Crippen molar-refractivity contribution in [2.75, 3.05) is 39.4 Å². The van der Waals surface area contributed by atoms with Crippen LogP contribution in [0.15, 0.2) is 10.1 Å². The van der Waals surface area contributed by atoms with Crippen LogP contribution in [0.3, 0.4) is 0 Å². The fourth-order valence-corrected chi connectivity index (χ4v) is 2.56. The maximum absolute atomic E-state index is 11.8. The molecular formula is C11H16Cl2N2O2. The lowest BCUT2D eigenvalue weighted by atomic mass is 10.3. The smallest absolute Gasteiger partial charge is 0.267 e. The van der Waals surface area contributed by atoms with Gasteiger partial charge in [-0.3, -0.25) is 9.69 Å². The summed E-state index contributed by atoms with van der Waals surface area (Å²) in [6.45, 7) is 6.78. The van der Waals surface area contributed by atoms with Crippen LogP contribution in [0.2, 0.25) is 0 Å². The zero-order valence-electron chi connectivity index (χ0n) is 9.79. The van der Waals surface area contributed by atoms with E-state index < -0.39 is 0 Å². The number of halogens is 2. The molecule has 0 saturated carbocycles. The van der Waals surface area contributed by atoms with Gasteiger partial charge in [-0.25, -0.2) is 0 Å². The Morgan fingerprint density at radius 3 is 2.47 bits per heavy atom. The summed E-state index contributed by atoms with van der Waals surface area (Å²) in [4.78, 5) is 15.8. The molecule has 2 aliphatic heterocycles. The number of nitrogens with zero attached hydrogens (tertiary/aromatic N) is 2. The molecule has 4 nitrogen and oxygen atoms in total. The van der Waals surface area contributed by atoms with Gasteiger partial charge in [0.15, 0.2) is 0 Å². The molecule has 0 radical (unpaired) electrons. The van der Waals surface area contributed by atoms with E-state index in [4.69, 9.17) is 27.9 Å². The van der Waals surface area contributed by atoms with Gasteiger partial charge in [-0.1, -0.05) is 23.2 Å². The minimum absolute atomic E-state index is 0.0993. The summed E-state index contributed by atoms with van der Waals surface area (Å²) in [5.74, 6) is -0.155. The van der Waals surface area contributed by atoms with E-state index in [0.717, 1.165) is 32.8 Å². The monoisotopic (exact) mass is 278 g/mol. The number of amides is 1. The zero-order valence-corrected chi connectivity index (χ0v) is 11.3. The van der Waals surface area contributed by atoms with Crippen LogP contribution in [0.5, 0.6) is 0 Å². The third kappa shape index (κ3) is 2.76. The van der Waals surface area contributed by atoms with Crippen LogP contribution in [-0.2, 0) is 9.53 Å². The minimum atomic E-state index is -0.155. The Labute approximate surface area is 111 Å². The molecule has 0 spiro atoms. The molecular weight excluding hydrogens is 263 g/mol. The van der Waals surface area contributed by atoms with E-state index in [-0.39, 0.29) is 17.0 Å². The van der Waals surface area contributed by atoms with Crippen molar-refractivity contribution in [3.63, 3.8) is 0 Å². The van der Waals surface area contributed by atoms with Crippen molar-refractivity contribution in [3.8, 4) is 0 Å². The van der Waals surface area contributed by atoms with E-state index in [1.54, 1.807) is 4.90 Å². The van der Waals surface area contributed by atoms with Crippen LogP contribution in [0.25, 0.3) is 0 Å². The first kappa shape index (κ1) is 13.1. The zero-order chi connectivity index (χ0) is 12.4. The summed E-state index contributed by atoms with van der Waals surface area (Å²) >= 11 is 11.8. The highest BCUT2D eigenvalue weighted by Crippen LogP contribution is 2.30. The normalized spacial score (nSPS) is 27.1. The molecule has 0 bridgehead atoms. The molecule has 0 aromatic heterocycles. The third-order valence-electron chi connectivity index (χ3n) is 3.25. The van der Waals surface area contributed by atoms with Gasteiger partial charge < -0.3 is 9.64 Å². The molecule has 0 aromatic rings. The van der Waals surface area contributed by atoms with E-state index in [2.05, 4.69) is 4.90 Å². The summed E-state index contributed by atoms with van der Waals surface area (Å²) < 4.78 is 5.28. The molecule has 1 unspecified atom stereocenters. The summed E-state index contributed by atoms with van der Waals surface area (Å²) in [5, 5.41) is 0.625. The van der Waals surface area contributed by atoms with Crippen molar-refractivity contribution in [1.82, 2.24) is 9.80 Å². The number of carbonyl (C=O) groups is 1. The van der Waals surface area contributed by atoms with Crippen LogP contribution >= 0.6 is 23.2 Å². The molecule has 1 atom stereocenters. The lowest BCUT2D eigenvalue weighted by Gasteiger charge is -2.30. The Kier molecular flexibility index (Phi) is 4.31. The Morgan fingerprint density at radius 2 is 1.94 bits per heavy atom. The average molecular weight is 279 g/mol. The predicted octanol–water partition coefficient (Wildman–Crippen LogP) is 1.24. The van der Waals surface area contributed by atoms with Gasteiger partial charge in [0, 0.05) is 26.2 Å². The quantitative estimate of drug-likeness (QED) is 0.779. The molecule has 0 aromatic carbocycles. The summed E-state index contributed by atoms with van der Waals surface area (Å²) in [6.07, 6.45) is 0. The largest absolute Gasteiger partial charge is 0.379 e. The van der Waals surface area contributed by atoms with E-state index in [9.17, 15) is 4.79 Å². The van der Waals surface area contributed by atoms with Crippen LogP contribution in [0, 0.1) is 0 Å². The van der Waals surface area contributed by atoms with E-state index in [0.29, 0.717) is 11.6 Å². The third-order valence-corrected chi connectivity index (χ3v) is 4.22. The first-order valence-corrected chi connectivity index (χ1v) is 6.53. The maximum Gasteiger partial charge on any atom is 0.267 e. The highest BCUT2D eigenvalue weighted by molar-refractivity contribution is 6.49. The van der Waals surface area contributed by atoms with Crippen LogP contribution in [0.4, 0.5) is 0 Å². The lowest BCUT2D eigenvalue weighted by molar-refractivity contribution is -0.126. The number of morpholine rings is 1. The topological polar surface area (TPSA) is 32.8 Å². The standard InChI is InChI=1S/C11H16Cl2N2O2/c1-8-9(12)10(13)11(16)15(8)3-2-14-4-6-17-7-5-14/h8H,2-7H2,1H3.